The Morgan fingerprint density at radius 1 is 1.35 bits per heavy atom. The van der Waals surface area contributed by atoms with Crippen LogP contribution in [0.15, 0.2) is 24.3 Å². The number of rotatable bonds is 4. The van der Waals surface area contributed by atoms with E-state index in [4.69, 9.17) is 4.74 Å². The van der Waals surface area contributed by atoms with Crippen LogP contribution in [0.4, 0.5) is 0 Å². The Labute approximate surface area is 102 Å². The van der Waals surface area contributed by atoms with Gasteiger partial charge in [0.25, 0.3) is 0 Å². The summed E-state index contributed by atoms with van der Waals surface area (Å²) in [6.07, 6.45) is 3.42. The lowest BCUT2D eigenvalue weighted by Gasteiger charge is -2.41. The van der Waals surface area contributed by atoms with Crippen molar-refractivity contribution in [2.45, 2.75) is 30.7 Å². The maximum atomic E-state index is 9.41. The molecule has 1 aliphatic carbocycles. The summed E-state index contributed by atoms with van der Waals surface area (Å²) in [6.45, 7) is 1.91. The van der Waals surface area contributed by atoms with Crippen LogP contribution in [0.1, 0.15) is 30.7 Å². The average Bonchev–Trinajstić information content (AvgIpc) is 2.72. The van der Waals surface area contributed by atoms with Gasteiger partial charge in [-0.05, 0) is 25.3 Å². The minimum atomic E-state index is -0.00245. The van der Waals surface area contributed by atoms with Crippen molar-refractivity contribution in [1.29, 1.82) is 0 Å². The predicted octanol–water partition coefficient (Wildman–Crippen LogP) is 1.67. The molecule has 1 aromatic carbocycles. The Morgan fingerprint density at radius 2 is 2.18 bits per heavy atom. The largest absolute Gasteiger partial charge is 0.493 e. The van der Waals surface area contributed by atoms with Gasteiger partial charge in [0, 0.05) is 23.6 Å². The molecule has 17 heavy (non-hydrogen) atoms. The second kappa shape index (κ2) is 4.31. The molecular weight excluding hydrogens is 214 g/mol. The first-order valence-electron chi connectivity index (χ1n) is 6.41. The molecule has 3 rings (SSSR count). The summed E-state index contributed by atoms with van der Waals surface area (Å²) in [5, 5.41) is 12.9. The summed E-state index contributed by atoms with van der Waals surface area (Å²) in [7, 11) is 0. The van der Waals surface area contributed by atoms with E-state index in [-0.39, 0.29) is 12.1 Å². The molecule has 3 heteroatoms. The molecule has 0 bridgehead atoms. The number of benzene rings is 1. The summed E-state index contributed by atoms with van der Waals surface area (Å²) in [4.78, 5) is 0. The number of ether oxygens (including phenoxy) is 1. The molecular formula is C14H19NO2. The van der Waals surface area contributed by atoms with Crippen molar-refractivity contribution < 1.29 is 9.84 Å². The second-order valence-corrected chi connectivity index (χ2v) is 5.22. The molecule has 0 saturated heterocycles. The first-order chi connectivity index (χ1) is 8.33. The number of fused-ring (bicyclic) bond motifs is 1. The van der Waals surface area contributed by atoms with Crippen LogP contribution in [-0.2, 0) is 0 Å². The zero-order valence-corrected chi connectivity index (χ0v) is 9.98. The predicted molar refractivity (Wildman–Crippen MR) is 66.3 cm³/mol. The normalized spacial score (nSPS) is 24.9. The molecule has 0 amide bonds. The molecule has 1 aromatic rings. The van der Waals surface area contributed by atoms with E-state index in [0.717, 1.165) is 31.7 Å². The number of aliphatic hydroxyl groups excluding tert-OH is 1. The highest BCUT2D eigenvalue weighted by Crippen LogP contribution is 2.35. The second-order valence-electron chi connectivity index (χ2n) is 5.22. The Bertz CT molecular complexity index is 395. The molecule has 2 N–H and O–H groups in total. The first kappa shape index (κ1) is 11.1. The molecule has 1 saturated carbocycles. The fourth-order valence-corrected chi connectivity index (χ4v) is 2.73. The van der Waals surface area contributed by atoms with Crippen molar-refractivity contribution in [1.82, 2.24) is 5.32 Å². The monoisotopic (exact) mass is 233 g/mol. The Kier molecular flexibility index (Phi) is 2.81. The molecule has 92 valence electrons. The molecule has 2 aliphatic rings. The van der Waals surface area contributed by atoms with E-state index in [1.807, 2.05) is 12.1 Å². The van der Waals surface area contributed by atoms with Crippen LogP contribution >= 0.6 is 0 Å². The van der Waals surface area contributed by atoms with Gasteiger partial charge in [-0.3, -0.25) is 0 Å². The number of para-hydroxylation sites is 1. The first-order valence-corrected chi connectivity index (χ1v) is 6.41. The molecule has 1 fully saturated rings. The maximum absolute atomic E-state index is 9.41. The lowest BCUT2D eigenvalue weighted by molar-refractivity contribution is 0.0865. The van der Waals surface area contributed by atoms with Gasteiger partial charge in [-0.1, -0.05) is 18.2 Å². The summed E-state index contributed by atoms with van der Waals surface area (Å²) in [5.74, 6) is 1.45. The van der Waals surface area contributed by atoms with Crippen LogP contribution in [0, 0.1) is 0 Å². The Hall–Kier alpha value is -1.06. The molecule has 0 spiro atoms. The molecule has 1 aliphatic heterocycles. The van der Waals surface area contributed by atoms with E-state index < -0.39 is 0 Å². The van der Waals surface area contributed by atoms with Crippen LogP contribution in [0.3, 0.4) is 0 Å². The highest BCUT2D eigenvalue weighted by atomic mass is 16.5. The van der Waals surface area contributed by atoms with Gasteiger partial charge < -0.3 is 15.2 Å². The van der Waals surface area contributed by atoms with E-state index in [1.54, 1.807) is 0 Å². The van der Waals surface area contributed by atoms with Gasteiger partial charge in [0.2, 0.25) is 0 Å². The lowest BCUT2D eigenvalue weighted by atomic mass is 9.77. The van der Waals surface area contributed by atoms with Gasteiger partial charge in [0.05, 0.1) is 13.2 Å². The minimum absolute atomic E-state index is 0.00245. The van der Waals surface area contributed by atoms with Gasteiger partial charge in [0.1, 0.15) is 5.75 Å². The van der Waals surface area contributed by atoms with Crippen molar-refractivity contribution in [2.24, 2.45) is 0 Å². The Morgan fingerprint density at radius 3 is 2.88 bits per heavy atom. The Balaban J connectivity index is 1.64. The van der Waals surface area contributed by atoms with Crippen molar-refractivity contribution >= 4 is 0 Å². The molecule has 1 heterocycles. The maximum Gasteiger partial charge on any atom is 0.122 e. The third kappa shape index (κ3) is 1.94. The minimum Gasteiger partial charge on any atom is -0.493 e. The van der Waals surface area contributed by atoms with Crippen LogP contribution < -0.4 is 10.1 Å². The number of aliphatic hydroxyl groups is 1. The molecule has 1 unspecified atom stereocenters. The van der Waals surface area contributed by atoms with Gasteiger partial charge in [-0.15, -0.1) is 0 Å². The van der Waals surface area contributed by atoms with Gasteiger partial charge in [0.15, 0.2) is 0 Å². The van der Waals surface area contributed by atoms with Crippen molar-refractivity contribution in [3.05, 3.63) is 29.8 Å². The standard InChI is InChI=1S/C14H19NO2/c16-10-14(6-3-7-14)15-8-11-9-17-13-5-2-1-4-12(11)13/h1-2,4-5,11,15-16H,3,6-10H2. The number of nitrogens with one attached hydrogen (secondary N) is 1. The van der Waals surface area contributed by atoms with Crippen LogP contribution in [-0.4, -0.2) is 30.4 Å². The molecule has 0 radical (unpaired) electrons. The van der Waals surface area contributed by atoms with Gasteiger partial charge >= 0.3 is 0 Å². The fourth-order valence-electron chi connectivity index (χ4n) is 2.73. The third-order valence-electron chi connectivity index (χ3n) is 4.14. The summed E-state index contributed by atoms with van der Waals surface area (Å²) in [6, 6.07) is 8.24. The van der Waals surface area contributed by atoms with E-state index in [9.17, 15) is 5.11 Å². The summed E-state index contributed by atoms with van der Waals surface area (Å²) < 4.78 is 5.66. The van der Waals surface area contributed by atoms with E-state index in [1.165, 1.54) is 12.0 Å². The number of hydrogen-bond donors (Lipinski definition) is 2. The SMILES string of the molecule is OCC1(NCC2COc3ccccc32)CCC1. The van der Waals surface area contributed by atoms with E-state index in [2.05, 4.69) is 17.4 Å². The summed E-state index contributed by atoms with van der Waals surface area (Å²) in [5.41, 5.74) is 1.30. The van der Waals surface area contributed by atoms with Crippen molar-refractivity contribution in [3.63, 3.8) is 0 Å². The van der Waals surface area contributed by atoms with E-state index in [0.29, 0.717) is 5.92 Å². The lowest BCUT2D eigenvalue weighted by Crippen LogP contribution is -2.55. The quantitative estimate of drug-likeness (QED) is 0.831. The zero-order chi connectivity index (χ0) is 11.7. The highest BCUT2D eigenvalue weighted by molar-refractivity contribution is 5.39. The van der Waals surface area contributed by atoms with Gasteiger partial charge in [-0.2, -0.15) is 0 Å². The molecule has 3 nitrogen and oxygen atoms in total. The smallest absolute Gasteiger partial charge is 0.122 e. The van der Waals surface area contributed by atoms with Gasteiger partial charge in [-0.25, -0.2) is 0 Å². The zero-order valence-electron chi connectivity index (χ0n) is 9.98. The van der Waals surface area contributed by atoms with Crippen LogP contribution in [0.5, 0.6) is 5.75 Å². The van der Waals surface area contributed by atoms with Crippen LogP contribution in [0.25, 0.3) is 0 Å². The molecule has 1 atom stereocenters. The molecule has 0 aromatic heterocycles. The average molecular weight is 233 g/mol. The van der Waals surface area contributed by atoms with Crippen molar-refractivity contribution in [3.8, 4) is 5.75 Å². The van der Waals surface area contributed by atoms with Crippen LogP contribution in [0.2, 0.25) is 0 Å². The topological polar surface area (TPSA) is 41.5 Å². The summed E-state index contributed by atoms with van der Waals surface area (Å²) >= 11 is 0. The fraction of sp³-hybridized carbons (Fsp3) is 0.571. The van der Waals surface area contributed by atoms with Crippen molar-refractivity contribution in [2.75, 3.05) is 19.8 Å². The van der Waals surface area contributed by atoms with E-state index >= 15 is 0 Å². The highest BCUT2D eigenvalue weighted by Gasteiger charge is 2.37. The third-order valence-corrected chi connectivity index (χ3v) is 4.14. The number of hydrogen-bond acceptors (Lipinski definition) is 3.